The largest absolute Gasteiger partial charge is 0.328 e. The first kappa shape index (κ1) is 31.2. The minimum absolute atomic E-state index is 0. The van der Waals surface area contributed by atoms with Crippen LogP contribution in [0.2, 0.25) is 0 Å². The van der Waals surface area contributed by atoms with Crippen LogP contribution in [0, 0.1) is 48.3 Å². The fraction of sp³-hybridized carbons (Fsp3) is 0.812. The first-order valence-electron chi connectivity index (χ1n) is 14.7. The van der Waals surface area contributed by atoms with Crippen molar-refractivity contribution in [1.82, 2.24) is 0 Å². The third-order valence-corrected chi connectivity index (χ3v) is 9.49. The molecule has 0 aromatic heterocycles. The van der Waals surface area contributed by atoms with Crippen LogP contribution in [0.15, 0.2) is 24.3 Å². The molecule has 0 unspecified atom stereocenters. The summed E-state index contributed by atoms with van der Waals surface area (Å²) in [6.45, 7) is 4.29. The van der Waals surface area contributed by atoms with Crippen LogP contribution in [0.1, 0.15) is 135 Å². The van der Waals surface area contributed by atoms with Gasteiger partial charge in [0, 0.05) is 26.1 Å². The summed E-state index contributed by atoms with van der Waals surface area (Å²) in [6, 6.07) is 0. The molecule has 0 spiro atoms. The van der Waals surface area contributed by atoms with Gasteiger partial charge in [-0.25, -0.2) is 0 Å². The zero-order valence-electron chi connectivity index (χ0n) is 22.7. The molecule has 4 saturated carbocycles. The van der Waals surface area contributed by atoms with Crippen LogP contribution in [0.4, 0.5) is 0 Å². The van der Waals surface area contributed by atoms with Gasteiger partial charge in [0.25, 0.3) is 0 Å². The van der Waals surface area contributed by atoms with Gasteiger partial charge < -0.3 is 12.8 Å². The third kappa shape index (κ3) is 10.8. The molecule has 0 aromatic carbocycles. The second-order valence-corrected chi connectivity index (χ2v) is 11.6. The Balaban J connectivity index is -0.000000263. The SMILES string of the molecule is C/C=C/CC1CCC(C2CC[CH-]CC2)CC1.C/C=C/CC1CCC(C2CC[CH-]CC2)CC1.[HH].[HH].[HH].[HH].[Re].[Rf]. The summed E-state index contributed by atoms with van der Waals surface area (Å²) in [7, 11) is 0. The Bertz CT molecular complexity index is 484. The van der Waals surface area contributed by atoms with E-state index in [1.54, 1.807) is 0 Å². The van der Waals surface area contributed by atoms with Gasteiger partial charge in [-0.1, -0.05) is 50.0 Å². The molecule has 0 aliphatic heterocycles. The van der Waals surface area contributed by atoms with Gasteiger partial charge in [0.2, 0.25) is 0 Å². The van der Waals surface area contributed by atoms with Crippen molar-refractivity contribution in [2.24, 2.45) is 35.5 Å². The van der Waals surface area contributed by atoms with Gasteiger partial charge in [-0.3, -0.25) is 0 Å². The topological polar surface area (TPSA) is 0 Å². The van der Waals surface area contributed by atoms with Gasteiger partial charge in [0.1, 0.15) is 0 Å². The fourth-order valence-corrected chi connectivity index (χ4v) is 7.30. The van der Waals surface area contributed by atoms with E-state index in [4.69, 9.17) is 0 Å². The van der Waals surface area contributed by atoms with Crippen LogP contribution in [-0.2, 0) is 20.4 Å². The average Bonchev–Trinajstić information content (AvgIpc) is 2.88. The second kappa shape index (κ2) is 18.4. The molecule has 0 atom stereocenters. The molecule has 0 amide bonds. The van der Waals surface area contributed by atoms with Gasteiger partial charge in [-0.15, -0.1) is 0 Å². The number of rotatable bonds is 6. The number of hydrogen-bond acceptors (Lipinski definition) is 0. The molecule has 4 rings (SSSR count). The average molecular weight is 900 g/mol. The first-order chi connectivity index (χ1) is 15.8. The Hall–Kier alpha value is -0.858. The van der Waals surface area contributed by atoms with E-state index in [1.807, 2.05) is 0 Å². The fourth-order valence-electron chi connectivity index (χ4n) is 7.30. The molecule has 34 heavy (non-hydrogen) atoms. The van der Waals surface area contributed by atoms with E-state index in [0.717, 1.165) is 35.5 Å². The van der Waals surface area contributed by atoms with Gasteiger partial charge in [0.05, 0.1) is 0 Å². The smallest absolute Gasteiger partial charge is 0 e. The van der Waals surface area contributed by atoms with E-state index in [-0.39, 0.29) is 26.1 Å². The predicted molar refractivity (Wildman–Crippen MR) is 151 cm³/mol. The summed E-state index contributed by atoms with van der Waals surface area (Å²) < 4.78 is 0. The van der Waals surface area contributed by atoms with E-state index in [0.29, 0.717) is 0 Å². The first-order valence-corrected chi connectivity index (χ1v) is 14.7. The molecule has 4 aliphatic carbocycles. The van der Waals surface area contributed by atoms with Crippen molar-refractivity contribution in [2.75, 3.05) is 0 Å². The Morgan fingerprint density at radius 1 is 0.529 bits per heavy atom. The van der Waals surface area contributed by atoms with Gasteiger partial charge >= 0.3 is 0 Å². The van der Waals surface area contributed by atoms with E-state index in [9.17, 15) is 0 Å². The van der Waals surface area contributed by atoms with Crippen LogP contribution in [-0.4, -0.2) is 0 Å². The van der Waals surface area contributed by atoms with Gasteiger partial charge in [-0.2, -0.15) is 25.7 Å². The molecular formula is C32H62ReRf-2. The molecule has 0 saturated heterocycles. The molecular weight excluding hydrogens is 838 g/mol. The summed E-state index contributed by atoms with van der Waals surface area (Å²) in [6.07, 6.45) is 40.4. The van der Waals surface area contributed by atoms with Crippen molar-refractivity contribution in [2.45, 2.75) is 129 Å². The molecule has 0 bridgehead atoms. The van der Waals surface area contributed by atoms with Crippen molar-refractivity contribution < 1.29 is 26.1 Å². The molecule has 0 N–H and O–H groups in total. The maximum Gasteiger partial charge on any atom is 0 e. The number of allylic oxidation sites excluding steroid dienone is 4. The van der Waals surface area contributed by atoms with Crippen molar-refractivity contribution in [1.29, 1.82) is 0 Å². The van der Waals surface area contributed by atoms with Crippen LogP contribution in [0.3, 0.4) is 0 Å². The molecule has 0 aromatic rings. The molecule has 201 valence electrons. The number of hydrogen-bond donors (Lipinski definition) is 0. The van der Waals surface area contributed by atoms with E-state index < -0.39 is 0 Å². The minimum atomic E-state index is 0. The normalized spacial score (nSPS) is 31.4. The summed E-state index contributed by atoms with van der Waals surface area (Å²) in [5.41, 5.74) is 0. The quantitative estimate of drug-likeness (QED) is 0.184. The van der Waals surface area contributed by atoms with Crippen LogP contribution < -0.4 is 0 Å². The van der Waals surface area contributed by atoms with Crippen molar-refractivity contribution in [3.8, 4) is 0 Å². The standard InChI is InChI=1S/2C16H27.Re.Rf.4H2/c2*1-2-3-7-14-10-12-16(13-11-14)15-8-5-4-6-9-15;;;;;;/h2*2-4,14-16H,5-13H2,1H3;;;4*1H/q2*-1;;;;;;/b2*3-2+;;;;;;. The second-order valence-electron chi connectivity index (χ2n) is 11.6. The zero-order chi connectivity index (χ0) is 22.4. The monoisotopic (exact) mass is 901 g/mol. The van der Waals surface area contributed by atoms with E-state index >= 15 is 0 Å². The molecule has 0 nitrogen and oxygen atoms in total. The molecule has 4 fully saturated rings. The molecule has 0 heterocycles. The minimum Gasteiger partial charge on any atom is -0.328 e. The zero-order valence-corrected chi connectivity index (χ0v) is 31.9. The maximum atomic E-state index is 2.49. The van der Waals surface area contributed by atoms with Crippen LogP contribution in [0.25, 0.3) is 0 Å². The van der Waals surface area contributed by atoms with Gasteiger partial charge in [-0.05, 0) is 114 Å². The van der Waals surface area contributed by atoms with Crippen LogP contribution in [0.5, 0.6) is 0 Å². The predicted octanol–water partition coefficient (Wildman–Crippen LogP) is 11.3. The van der Waals surface area contributed by atoms with E-state index in [1.165, 1.54) is 116 Å². The van der Waals surface area contributed by atoms with E-state index in [2.05, 4.69) is 51.0 Å². The molecule has 1 radical (unpaired) electrons. The summed E-state index contributed by atoms with van der Waals surface area (Å²) in [5, 5.41) is 0. The van der Waals surface area contributed by atoms with Crippen molar-refractivity contribution >= 4 is 0 Å². The van der Waals surface area contributed by atoms with Crippen LogP contribution >= 0.6 is 0 Å². The summed E-state index contributed by atoms with van der Waals surface area (Å²) in [4.78, 5) is 0. The van der Waals surface area contributed by atoms with Crippen molar-refractivity contribution in [3.05, 3.63) is 37.1 Å². The summed E-state index contributed by atoms with van der Waals surface area (Å²) in [5.74, 6) is 6.32. The molecule has 2 heteroatoms. The van der Waals surface area contributed by atoms with Gasteiger partial charge in [0.15, 0.2) is 0 Å². The Morgan fingerprint density at radius 3 is 1.12 bits per heavy atom. The maximum absolute atomic E-state index is 2.49. The Morgan fingerprint density at radius 2 is 0.824 bits per heavy atom. The Labute approximate surface area is 227 Å². The molecule has 4 aliphatic rings. The van der Waals surface area contributed by atoms with Crippen molar-refractivity contribution in [3.63, 3.8) is 0 Å². The third-order valence-electron chi connectivity index (χ3n) is 9.49. The summed E-state index contributed by atoms with van der Waals surface area (Å²) >= 11 is 0. The Kier molecular flexibility index (Phi) is 16.9.